The average Bonchev–Trinajstić information content (AvgIpc) is 2.52. The smallest absolute Gasteiger partial charge is 0.269 e. The number of rotatable bonds is 9. The van der Waals surface area contributed by atoms with Crippen LogP contribution in [0.15, 0.2) is 29.3 Å². The lowest BCUT2D eigenvalue weighted by molar-refractivity contribution is -0.384. The number of thioether (sulfide) groups is 1. The zero-order valence-corrected chi connectivity index (χ0v) is 16.7. The quantitative estimate of drug-likeness (QED) is 0.150. The van der Waals surface area contributed by atoms with E-state index in [2.05, 4.69) is 21.9 Å². The van der Waals surface area contributed by atoms with Crippen molar-refractivity contribution in [1.29, 1.82) is 0 Å². The van der Waals surface area contributed by atoms with Crippen LogP contribution in [-0.2, 0) is 6.54 Å². The zero-order chi connectivity index (χ0) is 16.2. The molecular weight excluding hydrogens is 427 g/mol. The summed E-state index contributed by atoms with van der Waals surface area (Å²) in [6.45, 7) is 4.09. The zero-order valence-electron chi connectivity index (χ0n) is 13.6. The van der Waals surface area contributed by atoms with Gasteiger partial charge in [-0.05, 0) is 37.3 Å². The molecule has 6 nitrogen and oxygen atoms in total. The van der Waals surface area contributed by atoms with Gasteiger partial charge in [0, 0.05) is 25.2 Å². The number of hydrogen-bond donors (Lipinski definition) is 2. The molecule has 0 fully saturated rings. The van der Waals surface area contributed by atoms with E-state index < -0.39 is 0 Å². The summed E-state index contributed by atoms with van der Waals surface area (Å²) in [5, 5.41) is 17.2. The minimum absolute atomic E-state index is 0. The SMILES string of the molecule is CCNC(=NCc1cccc([N+](=O)[O-])c1)NCCCCSC.I. The summed E-state index contributed by atoms with van der Waals surface area (Å²) in [5.41, 5.74) is 0.927. The third kappa shape index (κ3) is 9.65. The number of nitrogens with one attached hydrogen (secondary N) is 2. The molecule has 0 atom stereocenters. The lowest BCUT2D eigenvalue weighted by Gasteiger charge is -2.11. The van der Waals surface area contributed by atoms with Crippen LogP contribution in [0.1, 0.15) is 25.3 Å². The molecule has 23 heavy (non-hydrogen) atoms. The summed E-state index contributed by atoms with van der Waals surface area (Å²) in [4.78, 5) is 14.8. The van der Waals surface area contributed by atoms with Crippen LogP contribution in [0.25, 0.3) is 0 Å². The fourth-order valence-corrected chi connectivity index (χ4v) is 2.35. The van der Waals surface area contributed by atoms with Gasteiger partial charge in [0.2, 0.25) is 0 Å². The topological polar surface area (TPSA) is 79.6 Å². The van der Waals surface area contributed by atoms with E-state index in [9.17, 15) is 10.1 Å². The molecule has 0 unspecified atom stereocenters. The number of nitro benzene ring substituents is 1. The Balaban J connectivity index is 0.00000484. The molecule has 8 heteroatoms. The highest BCUT2D eigenvalue weighted by atomic mass is 127. The predicted octanol–water partition coefficient (Wildman–Crippen LogP) is 3.41. The van der Waals surface area contributed by atoms with Crippen molar-refractivity contribution < 1.29 is 4.92 Å². The molecule has 0 heterocycles. The van der Waals surface area contributed by atoms with Gasteiger partial charge in [-0.2, -0.15) is 11.8 Å². The van der Waals surface area contributed by atoms with Crippen LogP contribution in [0.5, 0.6) is 0 Å². The molecule has 130 valence electrons. The maximum atomic E-state index is 10.8. The molecule has 1 rings (SSSR count). The van der Waals surface area contributed by atoms with Gasteiger partial charge >= 0.3 is 0 Å². The van der Waals surface area contributed by atoms with Crippen molar-refractivity contribution in [3.8, 4) is 0 Å². The summed E-state index contributed by atoms with van der Waals surface area (Å²) >= 11 is 1.85. The molecule has 1 aromatic carbocycles. The van der Waals surface area contributed by atoms with E-state index in [0.29, 0.717) is 6.54 Å². The summed E-state index contributed by atoms with van der Waals surface area (Å²) in [7, 11) is 0. The van der Waals surface area contributed by atoms with Crippen LogP contribution >= 0.6 is 35.7 Å². The van der Waals surface area contributed by atoms with Crippen molar-refractivity contribution in [1.82, 2.24) is 10.6 Å². The van der Waals surface area contributed by atoms with Crippen LogP contribution in [0.3, 0.4) is 0 Å². The average molecular weight is 452 g/mol. The van der Waals surface area contributed by atoms with E-state index in [0.717, 1.165) is 31.0 Å². The number of nitro groups is 1. The Kier molecular flexibility index (Phi) is 12.8. The summed E-state index contributed by atoms with van der Waals surface area (Å²) in [6, 6.07) is 6.58. The second-order valence-electron chi connectivity index (χ2n) is 4.75. The van der Waals surface area contributed by atoms with Crippen LogP contribution in [0.2, 0.25) is 0 Å². The van der Waals surface area contributed by atoms with Crippen molar-refractivity contribution in [3.05, 3.63) is 39.9 Å². The van der Waals surface area contributed by atoms with Gasteiger partial charge < -0.3 is 10.6 Å². The van der Waals surface area contributed by atoms with E-state index in [4.69, 9.17) is 0 Å². The normalized spacial score (nSPS) is 10.8. The number of guanidine groups is 1. The van der Waals surface area contributed by atoms with Gasteiger partial charge in [-0.25, -0.2) is 4.99 Å². The Morgan fingerprint density at radius 1 is 1.35 bits per heavy atom. The molecule has 0 saturated heterocycles. The maximum absolute atomic E-state index is 10.8. The molecule has 0 bridgehead atoms. The lowest BCUT2D eigenvalue weighted by Crippen LogP contribution is -2.37. The fourth-order valence-electron chi connectivity index (χ4n) is 1.86. The molecule has 0 aliphatic carbocycles. The Morgan fingerprint density at radius 3 is 2.78 bits per heavy atom. The first-order chi connectivity index (χ1) is 10.7. The second-order valence-corrected chi connectivity index (χ2v) is 5.73. The van der Waals surface area contributed by atoms with Crippen molar-refractivity contribution >= 4 is 47.4 Å². The molecule has 0 aliphatic heterocycles. The summed E-state index contributed by atoms with van der Waals surface area (Å²) in [6.07, 6.45) is 4.39. The van der Waals surface area contributed by atoms with E-state index in [1.165, 1.54) is 18.2 Å². The number of nitrogens with zero attached hydrogens (tertiary/aromatic N) is 2. The van der Waals surface area contributed by atoms with E-state index in [1.54, 1.807) is 12.1 Å². The van der Waals surface area contributed by atoms with Crippen molar-refractivity contribution in [2.45, 2.75) is 26.3 Å². The second kappa shape index (κ2) is 13.4. The number of unbranched alkanes of at least 4 members (excludes halogenated alkanes) is 1. The number of non-ortho nitro benzene ring substituents is 1. The molecule has 0 radical (unpaired) electrons. The van der Waals surface area contributed by atoms with Gasteiger partial charge in [-0.15, -0.1) is 24.0 Å². The predicted molar refractivity (Wildman–Crippen MR) is 109 cm³/mol. The van der Waals surface area contributed by atoms with Crippen molar-refractivity contribution in [2.75, 3.05) is 25.1 Å². The maximum Gasteiger partial charge on any atom is 0.269 e. The minimum atomic E-state index is -0.386. The van der Waals surface area contributed by atoms with Gasteiger partial charge in [0.1, 0.15) is 0 Å². The third-order valence-corrected chi connectivity index (χ3v) is 3.65. The summed E-state index contributed by atoms with van der Waals surface area (Å²) < 4.78 is 0. The highest BCUT2D eigenvalue weighted by molar-refractivity contribution is 14.0. The van der Waals surface area contributed by atoms with Gasteiger partial charge in [-0.3, -0.25) is 10.1 Å². The molecule has 0 saturated carbocycles. The van der Waals surface area contributed by atoms with Crippen LogP contribution in [0.4, 0.5) is 5.69 Å². The standard InChI is InChI=1S/C15H24N4O2S.HI/c1-3-16-15(17-9-4-5-10-22-2)18-12-13-7-6-8-14(11-13)19(20)21;/h6-8,11H,3-5,9-10,12H2,1-2H3,(H2,16,17,18);1H. The van der Waals surface area contributed by atoms with Crippen LogP contribution < -0.4 is 10.6 Å². The molecule has 0 aromatic heterocycles. The number of halogens is 1. The van der Waals surface area contributed by atoms with E-state index in [1.807, 2.05) is 24.8 Å². The molecule has 0 spiro atoms. The minimum Gasteiger partial charge on any atom is -0.357 e. The first-order valence-electron chi connectivity index (χ1n) is 7.41. The van der Waals surface area contributed by atoms with Crippen molar-refractivity contribution in [2.24, 2.45) is 4.99 Å². The fraction of sp³-hybridized carbons (Fsp3) is 0.533. The molecule has 1 aromatic rings. The Bertz CT molecular complexity index is 500. The van der Waals surface area contributed by atoms with Gasteiger partial charge in [-0.1, -0.05) is 12.1 Å². The highest BCUT2D eigenvalue weighted by Gasteiger charge is 2.05. The van der Waals surface area contributed by atoms with Crippen LogP contribution in [-0.4, -0.2) is 36.0 Å². The van der Waals surface area contributed by atoms with Gasteiger partial charge in [0.05, 0.1) is 11.5 Å². The Labute approximate surface area is 159 Å². The summed E-state index contributed by atoms with van der Waals surface area (Å²) in [5.74, 6) is 1.92. The first kappa shape index (κ1) is 22.0. The van der Waals surface area contributed by atoms with E-state index in [-0.39, 0.29) is 34.6 Å². The highest BCUT2D eigenvalue weighted by Crippen LogP contribution is 2.13. The molecule has 2 N–H and O–H groups in total. The number of benzene rings is 1. The number of hydrogen-bond acceptors (Lipinski definition) is 4. The van der Waals surface area contributed by atoms with Crippen LogP contribution in [0, 0.1) is 10.1 Å². The van der Waals surface area contributed by atoms with Gasteiger partial charge in [0.15, 0.2) is 5.96 Å². The lowest BCUT2D eigenvalue weighted by atomic mass is 10.2. The Morgan fingerprint density at radius 2 is 2.13 bits per heavy atom. The number of aliphatic imine (C=N–C) groups is 1. The molecular formula is C15H25IN4O2S. The third-order valence-electron chi connectivity index (χ3n) is 2.95. The van der Waals surface area contributed by atoms with Gasteiger partial charge in [0.25, 0.3) is 5.69 Å². The van der Waals surface area contributed by atoms with E-state index >= 15 is 0 Å². The first-order valence-corrected chi connectivity index (χ1v) is 8.81. The molecule has 0 amide bonds. The molecule has 0 aliphatic rings. The van der Waals surface area contributed by atoms with Crippen molar-refractivity contribution in [3.63, 3.8) is 0 Å². The Hall–Kier alpha value is -1.03. The largest absolute Gasteiger partial charge is 0.357 e. The monoisotopic (exact) mass is 452 g/mol.